The Morgan fingerprint density at radius 1 is 1.17 bits per heavy atom. The summed E-state index contributed by atoms with van der Waals surface area (Å²) in [5, 5.41) is 12.1. The molecule has 0 radical (unpaired) electrons. The molecule has 0 bridgehead atoms. The van der Waals surface area contributed by atoms with Crippen LogP contribution in [-0.4, -0.2) is 80.2 Å². The number of carboxylic acid groups (broad SMARTS) is 1. The van der Waals surface area contributed by atoms with Crippen molar-refractivity contribution >= 4 is 55.8 Å². The Morgan fingerprint density at radius 2 is 1.94 bits per heavy atom. The van der Waals surface area contributed by atoms with Gasteiger partial charge in [0.1, 0.15) is 24.0 Å². The summed E-state index contributed by atoms with van der Waals surface area (Å²) in [5.41, 5.74) is 2.26. The van der Waals surface area contributed by atoms with Crippen molar-refractivity contribution < 1.29 is 23.4 Å². The molecule has 1 aliphatic carbocycles. The highest BCUT2D eigenvalue weighted by atomic mass is 35.5. The number of halogens is 3. The Balaban J connectivity index is 1.08. The maximum Gasteiger partial charge on any atom is 0.338 e. The monoisotopic (exact) mass is 694 g/mol. The van der Waals surface area contributed by atoms with Crippen molar-refractivity contribution in [2.24, 2.45) is 0 Å². The van der Waals surface area contributed by atoms with Gasteiger partial charge in [-0.25, -0.2) is 23.5 Å². The van der Waals surface area contributed by atoms with Gasteiger partial charge in [0.05, 0.1) is 39.4 Å². The third kappa shape index (κ3) is 6.10. The molecular weight excluding hydrogens is 662 g/mol. The normalized spacial score (nSPS) is 17.1. The molecule has 4 aromatic heterocycles. The molecule has 2 aliphatic rings. The van der Waals surface area contributed by atoms with E-state index in [1.54, 1.807) is 59.6 Å². The number of carbonyl (C=O) groups is 1. The van der Waals surface area contributed by atoms with Crippen molar-refractivity contribution in [1.29, 1.82) is 0 Å². The Morgan fingerprint density at radius 3 is 2.67 bits per heavy atom. The Bertz CT molecular complexity index is 2090. The van der Waals surface area contributed by atoms with E-state index < -0.39 is 11.9 Å². The molecule has 0 atom stereocenters. The SMILES string of the molecule is Cc1nc2cnc(N(C)C3CCN(C4CC(F)(F)C4)CC3)cc2c(=O)n1CCOc1ccc(Cl)cc1-c1ccnc2c(C(=O)O)csc12. The molecule has 1 aliphatic heterocycles. The van der Waals surface area contributed by atoms with Crippen LogP contribution in [0.2, 0.25) is 5.02 Å². The number of alkyl halides is 2. The number of carboxylic acids is 1. The first-order valence-corrected chi connectivity index (χ1v) is 17.0. The number of benzene rings is 1. The van der Waals surface area contributed by atoms with Gasteiger partial charge in [0, 0.05) is 72.8 Å². The minimum absolute atomic E-state index is 0.0345. The molecule has 5 heterocycles. The Kier molecular flexibility index (Phi) is 8.55. The fourth-order valence-electron chi connectivity index (χ4n) is 6.78. The van der Waals surface area contributed by atoms with Gasteiger partial charge in [-0.2, -0.15) is 0 Å². The summed E-state index contributed by atoms with van der Waals surface area (Å²) < 4.78 is 35.3. The molecule has 48 heavy (non-hydrogen) atoms. The molecule has 10 nitrogen and oxygen atoms in total. The third-order valence-electron chi connectivity index (χ3n) is 9.50. The number of piperidine rings is 1. The van der Waals surface area contributed by atoms with Crippen molar-refractivity contribution in [3.63, 3.8) is 0 Å². The van der Waals surface area contributed by atoms with E-state index in [0.717, 1.165) is 31.5 Å². The molecule has 250 valence electrons. The van der Waals surface area contributed by atoms with Gasteiger partial charge in [0.15, 0.2) is 0 Å². The largest absolute Gasteiger partial charge is 0.491 e. The van der Waals surface area contributed by atoms with E-state index in [1.165, 1.54) is 11.3 Å². The van der Waals surface area contributed by atoms with Crippen molar-refractivity contribution in [3.05, 3.63) is 74.9 Å². The van der Waals surface area contributed by atoms with Gasteiger partial charge >= 0.3 is 5.97 Å². The predicted molar refractivity (Wildman–Crippen MR) is 182 cm³/mol. The number of likely N-dealkylation sites (tertiary alicyclic amines) is 1. The molecule has 7 rings (SSSR count). The Labute approximate surface area is 283 Å². The van der Waals surface area contributed by atoms with Gasteiger partial charge in [-0.3, -0.25) is 19.2 Å². The lowest BCUT2D eigenvalue weighted by atomic mass is 9.85. The van der Waals surface area contributed by atoms with Crippen LogP contribution in [0.25, 0.3) is 32.2 Å². The van der Waals surface area contributed by atoms with Crippen molar-refractivity contribution in [3.8, 4) is 16.9 Å². The second-order valence-electron chi connectivity index (χ2n) is 12.5. The number of aromatic carboxylic acids is 1. The van der Waals surface area contributed by atoms with E-state index in [1.807, 2.05) is 7.05 Å². The van der Waals surface area contributed by atoms with E-state index in [-0.39, 0.29) is 49.2 Å². The maximum absolute atomic E-state index is 13.8. The minimum atomic E-state index is -2.52. The number of anilines is 1. The minimum Gasteiger partial charge on any atom is -0.491 e. The predicted octanol–water partition coefficient (Wildman–Crippen LogP) is 6.51. The van der Waals surface area contributed by atoms with Gasteiger partial charge in [-0.15, -0.1) is 11.3 Å². The quantitative estimate of drug-likeness (QED) is 0.185. The molecule has 1 aromatic carbocycles. The van der Waals surface area contributed by atoms with Crippen molar-refractivity contribution in [2.75, 3.05) is 31.6 Å². The van der Waals surface area contributed by atoms with E-state index >= 15 is 0 Å². The van der Waals surface area contributed by atoms with Crippen LogP contribution in [-0.2, 0) is 6.54 Å². The highest BCUT2D eigenvalue weighted by molar-refractivity contribution is 7.18. The second kappa shape index (κ2) is 12.7. The van der Waals surface area contributed by atoms with Gasteiger partial charge in [-0.1, -0.05) is 11.6 Å². The third-order valence-corrected chi connectivity index (χ3v) is 10.7. The molecule has 14 heteroatoms. The number of nitrogens with zero attached hydrogens (tertiary/aromatic N) is 6. The summed E-state index contributed by atoms with van der Waals surface area (Å²) >= 11 is 7.66. The average molecular weight is 695 g/mol. The summed E-state index contributed by atoms with van der Waals surface area (Å²) in [6.45, 7) is 3.68. The summed E-state index contributed by atoms with van der Waals surface area (Å²) in [6.07, 6.45) is 4.74. The smallest absolute Gasteiger partial charge is 0.338 e. The topological polar surface area (TPSA) is 114 Å². The highest BCUT2D eigenvalue weighted by Crippen LogP contribution is 2.42. The zero-order chi connectivity index (χ0) is 33.7. The number of hydrogen-bond acceptors (Lipinski definition) is 9. The molecular formula is C34H33ClF2N6O4S. The summed E-state index contributed by atoms with van der Waals surface area (Å²) in [7, 11) is 1.96. The first kappa shape index (κ1) is 32.4. The molecule has 5 aromatic rings. The van der Waals surface area contributed by atoms with E-state index in [2.05, 4.69) is 24.8 Å². The number of pyridine rings is 2. The van der Waals surface area contributed by atoms with Crippen LogP contribution < -0.4 is 15.2 Å². The molecule has 1 N–H and O–H groups in total. The summed E-state index contributed by atoms with van der Waals surface area (Å²) in [6, 6.07) is 8.95. The van der Waals surface area contributed by atoms with Gasteiger partial charge < -0.3 is 14.7 Å². The fraction of sp³-hybridized carbons (Fsp3) is 0.382. The zero-order valence-electron chi connectivity index (χ0n) is 26.3. The highest BCUT2D eigenvalue weighted by Gasteiger charge is 2.48. The van der Waals surface area contributed by atoms with Crippen LogP contribution in [0.5, 0.6) is 5.75 Å². The fourth-order valence-corrected chi connectivity index (χ4v) is 7.98. The van der Waals surface area contributed by atoms with Crippen LogP contribution in [0.15, 0.2) is 52.9 Å². The van der Waals surface area contributed by atoms with Crippen LogP contribution in [0.1, 0.15) is 41.9 Å². The Hall–Kier alpha value is -4.20. The first-order chi connectivity index (χ1) is 23.0. The number of hydrogen-bond donors (Lipinski definition) is 1. The lowest BCUT2D eigenvalue weighted by Gasteiger charge is -2.46. The molecule has 0 amide bonds. The number of thiophene rings is 1. The number of fused-ring (bicyclic) bond motifs is 2. The van der Waals surface area contributed by atoms with Crippen molar-refractivity contribution in [2.45, 2.75) is 57.2 Å². The lowest BCUT2D eigenvalue weighted by Crippen LogP contribution is -2.55. The molecule has 0 unspecified atom stereocenters. The number of ether oxygens (including phenoxy) is 1. The standard InChI is InChI=1S/C34H33ClF2N6O4S/c1-19-40-27-17-39-29(41(2)21-6-9-42(10-7-21)22-15-34(36,37)16-22)14-25(27)32(44)43(19)11-12-47-28-4-3-20(35)13-24(28)23-5-8-38-30-26(33(45)46)18-48-31(23)30/h3-5,8,13-14,17-18,21-22H,6-7,9-12,15-16H2,1-2H3,(H,45,46). The number of rotatable bonds is 9. The van der Waals surface area contributed by atoms with E-state index in [9.17, 15) is 23.5 Å². The van der Waals surface area contributed by atoms with Crippen LogP contribution in [0.3, 0.4) is 0 Å². The molecule has 1 saturated carbocycles. The van der Waals surface area contributed by atoms with Gasteiger partial charge in [-0.05, 0) is 50.1 Å². The maximum atomic E-state index is 13.8. The number of aryl methyl sites for hydroxylation is 1. The molecule has 2 fully saturated rings. The van der Waals surface area contributed by atoms with Crippen LogP contribution in [0.4, 0.5) is 14.6 Å². The molecule has 1 saturated heterocycles. The van der Waals surface area contributed by atoms with Gasteiger partial charge in [0.25, 0.3) is 11.5 Å². The summed E-state index contributed by atoms with van der Waals surface area (Å²) in [5.74, 6) is -1.85. The van der Waals surface area contributed by atoms with Crippen molar-refractivity contribution in [1.82, 2.24) is 24.4 Å². The van der Waals surface area contributed by atoms with E-state index in [0.29, 0.717) is 49.1 Å². The van der Waals surface area contributed by atoms with Gasteiger partial charge in [0.2, 0.25) is 0 Å². The molecule has 0 spiro atoms. The first-order valence-electron chi connectivity index (χ1n) is 15.7. The van der Waals surface area contributed by atoms with Crippen LogP contribution >= 0.6 is 22.9 Å². The summed E-state index contributed by atoms with van der Waals surface area (Å²) in [4.78, 5) is 43.3. The second-order valence-corrected chi connectivity index (χ2v) is 13.8. The number of aromatic nitrogens is 4. The average Bonchev–Trinajstić information content (AvgIpc) is 3.50. The van der Waals surface area contributed by atoms with E-state index in [4.69, 9.17) is 16.3 Å². The van der Waals surface area contributed by atoms with Crippen LogP contribution in [0, 0.1) is 6.92 Å². The zero-order valence-corrected chi connectivity index (χ0v) is 27.9. The lowest BCUT2D eigenvalue weighted by molar-refractivity contribution is -0.127.